The Balaban J connectivity index is 2.24. The first-order chi connectivity index (χ1) is 11.1. The molecule has 0 atom stereocenters. The Morgan fingerprint density at radius 1 is 1.09 bits per heavy atom. The minimum Gasteiger partial charge on any atom is -0.493 e. The molecule has 23 heavy (non-hydrogen) atoms. The number of carbonyl (C=O) groups excluding carboxylic acids is 1. The highest BCUT2D eigenvalue weighted by atomic mass is 35.5. The van der Waals surface area contributed by atoms with Crippen LogP contribution in [0.25, 0.3) is 0 Å². The first-order valence-corrected chi connectivity index (χ1v) is 7.38. The molecule has 2 aromatic rings. The van der Waals surface area contributed by atoms with Crippen LogP contribution in [-0.4, -0.2) is 25.8 Å². The highest BCUT2D eigenvalue weighted by Gasteiger charge is 2.22. The maximum Gasteiger partial charge on any atom is 0.244 e. The predicted molar refractivity (Wildman–Crippen MR) is 88.5 cm³/mol. The van der Waals surface area contributed by atoms with Crippen LogP contribution in [0.5, 0.6) is 11.5 Å². The van der Waals surface area contributed by atoms with E-state index in [-0.39, 0.29) is 12.3 Å². The summed E-state index contributed by atoms with van der Waals surface area (Å²) >= 11 is 6.30. The standard InChI is InChI=1S/C17H15ClN2O3/c1-22-14-7-10-8-16(21)19-20-17(12(10)9-15(14)23-2)11-5-3-4-6-13(11)18/h3-7,9H,8H2,1-2H3,(H,19,21). The monoisotopic (exact) mass is 330 g/mol. The maximum atomic E-state index is 11.9. The molecule has 0 radical (unpaired) electrons. The molecule has 1 heterocycles. The molecule has 2 aromatic carbocycles. The van der Waals surface area contributed by atoms with E-state index in [2.05, 4.69) is 10.5 Å². The first-order valence-electron chi connectivity index (χ1n) is 7.00. The summed E-state index contributed by atoms with van der Waals surface area (Å²) < 4.78 is 10.7. The Morgan fingerprint density at radius 2 is 1.78 bits per heavy atom. The molecule has 0 aromatic heterocycles. The lowest BCUT2D eigenvalue weighted by atomic mass is 9.95. The molecule has 0 fully saturated rings. The fourth-order valence-corrected chi connectivity index (χ4v) is 2.76. The van der Waals surface area contributed by atoms with Crippen molar-refractivity contribution in [3.8, 4) is 11.5 Å². The second-order valence-electron chi connectivity index (χ2n) is 5.02. The molecule has 1 aliphatic rings. The van der Waals surface area contributed by atoms with Crippen LogP contribution in [0.1, 0.15) is 16.7 Å². The highest BCUT2D eigenvalue weighted by Crippen LogP contribution is 2.33. The van der Waals surface area contributed by atoms with Gasteiger partial charge in [-0.05, 0) is 23.8 Å². The minimum absolute atomic E-state index is 0.194. The fraction of sp³-hybridized carbons (Fsp3) is 0.176. The number of carbonyl (C=O) groups is 1. The summed E-state index contributed by atoms with van der Waals surface area (Å²) in [5, 5.41) is 4.80. The fourth-order valence-electron chi connectivity index (χ4n) is 2.54. The molecule has 5 nitrogen and oxygen atoms in total. The molecular formula is C17H15ClN2O3. The van der Waals surface area contributed by atoms with Gasteiger partial charge in [0.1, 0.15) is 0 Å². The average molecular weight is 331 g/mol. The number of nitrogens with one attached hydrogen (secondary N) is 1. The smallest absolute Gasteiger partial charge is 0.244 e. The van der Waals surface area contributed by atoms with Crippen LogP contribution in [0.2, 0.25) is 5.02 Å². The maximum absolute atomic E-state index is 11.9. The van der Waals surface area contributed by atoms with Gasteiger partial charge in [-0.1, -0.05) is 29.8 Å². The van der Waals surface area contributed by atoms with E-state index in [0.29, 0.717) is 22.2 Å². The van der Waals surface area contributed by atoms with Crippen molar-refractivity contribution in [2.75, 3.05) is 14.2 Å². The third kappa shape index (κ3) is 2.87. The summed E-state index contributed by atoms with van der Waals surface area (Å²) in [7, 11) is 3.13. The van der Waals surface area contributed by atoms with E-state index in [1.165, 1.54) is 0 Å². The number of hydrogen-bond acceptors (Lipinski definition) is 4. The third-order valence-corrected chi connectivity index (χ3v) is 3.97. The van der Waals surface area contributed by atoms with Crippen molar-refractivity contribution in [1.29, 1.82) is 0 Å². The zero-order chi connectivity index (χ0) is 16.4. The molecule has 0 saturated heterocycles. The van der Waals surface area contributed by atoms with E-state index in [0.717, 1.165) is 16.7 Å². The van der Waals surface area contributed by atoms with E-state index in [4.69, 9.17) is 21.1 Å². The second-order valence-corrected chi connectivity index (χ2v) is 5.42. The minimum atomic E-state index is -0.194. The average Bonchev–Trinajstić information content (AvgIpc) is 2.72. The Hall–Kier alpha value is -2.53. The molecule has 0 saturated carbocycles. The van der Waals surface area contributed by atoms with E-state index in [1.54, 1.807) is 26.4 Å². The van der Waals surface area contributed by atoms with Crippen molar-refractivity contribution < 1.29 is 14.3 Å². The van der Waals surface area contributed by atoms with Gasteiger partial charge in [-0.25, -0.2) is 5.43 Å². The van der Waals surface area contributed by atoms with Crippen LogP contribution in [-0.2, 0) is 11.2 Å². The normalized spacial score (nSPS) is 13.5. The Bertz CT molecular complexity index is 802. The van der Waals surface area contributed by atoms with Crippen molar-refractivity contribution in [2.45, 2.75) is 6.42 Å². The van der Waals surface area contributed by atoms with Crippen molar-refractivity contribution in [3.63, 3.8) is 0 Å². The molecule has 118 valence electrons. The number of benzene rings is 2. The van der Waals surface area contributed by atoms with Crippen LogP contribution in [0.4, 0.5) is 0 Å². The summed E-state index contributed by atoms with van der Waals surface area (Å²) in [5.41, 5.74) is 5.47. The molecule has 1 amide bonds. The van der Waals surface area contributed by atoms with Gasteiger partial charge in [0.2, 0.25) is 5.91 Å². The zero-order valence-corrected chi connectivity index (χ0v) is 13.5. The number of nitrogens with zero attached hydrogens (tertiary/aromatic N) is 1. The van der Waals surface area contributed by atoms with Gasteiger partial charge in [-0.3, -0.25) is 4.79 Å². The van der Waals surface area contributed by atoms with Gasteiger partial charge in [0.05, 0.1) is 31.4 Å². The lowest BCUT2D eigenvalue weighted by Crippen LogP contribution is -2.18. The number of amides is 1. The molecule has 1 aliphatic heterocycles. The Labute approximate surface area is 138 Å². The highest BCUT2D eigenvalue weighted by molar-refractivity contribution is 6.35. The number of ether oxygens (including phenoxy) is 2. The van der Waals surface area contributed by atoms with Gasteiger partial charge in [0, 0.05) is 11.1 Å². The molecule has 0 bridgehead atoms. The van der Waals surface area contributed by atoms with Crippen molar-refractivity contribution >= 4 is 23.2 Å². The number of fused-ring (bicyclic) bond motifs is 1. The van der Waals surface area contributed by atoms with Crippen LogP contribution < -0.4 is 14.9 Å². The summed E-state index contributed by atoms with van der Waals surface area (Å²) in [6.45, 7) is 0. The van der Waals surface area contributed by atoms with Crippen LogP contribution in [0.15, 0.2) is 41.5 Å². The topological polar surface area (TPSA) is 59.9 Å². The summed E-state index contributed by atoms with van der Waals surface area (Å²) in [6.07, 6.45) is 0.202. The van der Waals surface area contributed by atoms with Crippen LogP contribution in [0, 0.1) is 0 Å². The number of rotatable bonds is 3. The molecule has 1 N–H and O–H groups in total. The van der Waals surface area contributed by atoms with Crippen molar-refractivity contribution in [3.05, 3.63) is 58.1 Å². The molecule has 0 unspecified atom stereocenters. The summed E-state index contributed by atoms with van der Waals surface area (Å²) in [4.78, 5) is 11.9. The van der Waals surface area contributed by atoms with E-state index < -0.39 is 0 Å². The molecular weight excluding hydrogens is 316 g/mol. The molecule has 6 heteroatoms. The Kier molecular flexibility index (Phi) is 4.21. The van der Waals surface area contributed by atoms with Crippen molar-refractivity contribution in [2.24, 2.45) is 5.10 Å². The largest absolute Gasteiger partial charge is 0.493 e. The van der Waals surface area contributed by atoms with E-state index >= 15 is 0 Å². The van der Waals surface area contributed by atoms with E-state index in [9.17, 15) is 4.79 Å². The van der Waals surface area contributed by atoms with Gasteiger partial charge < -0.3 is 9.47 Å². The lowest BCUT2D eigenvalue weighted by molar-refractivity contribution is -0.120. The van der Waals surface area contributed by atoms with E-state index in [1.807, 2.05) is 24.3 Å². The van der Waals surface area contributed by atoms with Gasteiger partial charge in [0.25, 0.3) is 0 Å². The quantitative estimate of drug-likeness (QED) is 0.941. The predicted octanol–water partition coefficient (Wildman–Crippen LogP) is 2.78. The molecule has 3 rings (SSSR count). The zero-order valence-electron chi connectivity index (χ0n) is 12.7. The van der Waals surface area contributed by atoms with Gasteiger partial charge in [-0.15, -0.1) is 0 Å². The lowest BCUT2D eigenvalue weighted by Gasteiger charge is -2.14. The molecule has 0 spiro atoms. The van der Waals surface area contributed by atoms with Gasteiger partial charge >= 0.3 is 0 Å². The number of hydrogen-bond donors (Lipinski definition) is 1. The Morgan fingerprint density at radius 3 is 2.48 bits per heavy atom. The summed E-state index contributed by atoms with van der Waals surface area (Å²) in [6, 6.07) is 11.0. The second kappa shape index (κ2) is 6.30. The van der Waals surface area contributed by atoms with Gasteiger partial charge in [0.15, 0.2) is 11.5 Å². The van der Waals surface area contributed by atoms with Crippen LogP contribution in [0.3, 0.4) is 0 Å². The number of halogens is 1. The SMILES string of the molecule is COc1cc2c(cc1OC)C(c1ccccc1Cl)=NNC(=O)C2. The van der Waals surface area contributed by atoms with Crippen LogP contribution >= 0.6 is 11.6 Å². The number of methoxy groups -OCH3 is 2. The third-order valence-electron chi connectivity index (χ3n) is 3.64. The van der Waals surface area contributed by atoms with Crippen molar-refractivity contribution in [1.82, 2.24) is 5.43 Å². The summed E-state index contributed by atoms with van der Waals surface area (Å²) in [5.74, 6) is 0.945. The van der Waals surface area contributed by atoms with Gasteiger partial charge in [-0.2, -0.15) is 5.10 Å². The molecule has 0 aliphatic carbocycles. The first kappa shape index (κ1) is 15.4. The number of hydrazone groups is 1.